The lowest BCUT2D eigenvalue weighted by molar-refractivity contribution is -0.343. The van der Waals surface area contributed by atoms with E-state index in [4.69, 9.17) is 0 Å². The summed E-state index contributed by atoms with van der Waals surface area (Å²) in [5.41, 5.74) is -2.58. The van der Waals surface area contributed by atoms with Crippen molar-refractivity contribution in [2.75, 3.05) is 0 Å². The number of halogens is 6. The number of aliphatic hydroxyl groups is 3. The molecule has 0 radical (unpaired) electrons. The van der Waals surface area contributed by atoms with Crippen LogP contribution >= 0.6 is 0 Å². The number of aliphatic hydroxyl groups excluding tert-OH is 2. The molecule has 0 aromatic carbocycles. The summed E-state index contributed by atoms with van der Waals surface area (Å²) in [6.07, 6.45) is -4.53. The molecular weight excluding hydrogens is 486 g/mol. The van der Waals surface area contributed by atoms with Crippen molar-refractivity contribution in [1.82, 2.24) is 0 Å². The number of allylic oxidation sites excluding steroid dienone is 3. The zero-order valence-corrected chi connectivity index (χ0v) is 20.5. The molecule has 0 bridgehead atoms. The molecule has 3 rings (SSSR count). The second-order valence-corrected chi connectivity index (χ2v) is 10.9. The van der Waals surface area contributed by atoms with E-state index in [0.29, 0.717) is 12.0 Å². The van der Waals surface area contributed by atoms with Crippen LogP contribution in [0.3, 0.4) is 0 Å². The van der Waals surface area contributed by atoms with E-state index in [1.807, 2.05) is 18.1 Å². The second-order valence-electron chi connectivity index (χ2n) is 10.9. The standard InChI is InChI=1S/C27H34F6O3/c1-16(6-4-13-25(36,26(28,29)30)27(31,32)33)21-10-11-22-18(7-5-12-24(21,22)3)8-9-19-14-20(34)15-23(35)17(19)2/h8-9,16,20-23,34-36H,2,5-7,10-12,14-15H2,1,3H3/t16-,20-,21-,22+,23+,24-/m1/s1. The molecule has 3 aliphatic rings. The van der Waals surface area contributed by atoms with E-state index >= 15 is 0 Å². The molecule has 0 aromatic rings. The molecule has 3 saturated carbocycles. The van der Waals surface area contributed by atoms with Gasteiger partial charge in [-0.2, -0.15) is 26.3 Å². The highest BCUT2D eigenvalue weighted by atomic mass is 19.4. The van der Waals surface area contributed by atoms with E-state index in [2.05, 4.69) is 13.5 Å². The summed E-state index contributed by atoms with van der Waals surface area (Å²) in [7, 11) is 0. The number of alkyl halides is 6. The topological polar surface area (TPSA) is 60.7 Å². The SMILES string of the molecule is C=C1C(=CC=C2CCC[C@]3(C)[C@@H]([C@H](C)CC#CC(O)(C(F)(F)F)C(F)(F)F)CC[C@@H]23)C[C@@H](O)C[C@@H]1O. The van der Waals surface area contributed by atoms with Gasteiger partial charge >= 0.3 is 18.0 Å². The third kappa shape index (κ3) is 5.41. The zero-order valence-electron chi connectivity index (χ0n) is 20.5. The van der Waals surface area contributed by atoms with Gasteiger partial charge in [0.2, 0.25) is 0 Å². The van der Waals surface area contributed by atoms with Crippen molar-refractivity contribution < 1.29 is 41.7 Å². The fourth-order valence-electron chi connectivity index (χ4n) is 6.46. The van der Waals surface area contributed by atoms with Crippen molar-refractivity contribution in [3.05, 3.63) is 35.5 Å². The molecule has 0 aromatic heterocycles. The third-order valence-corrected chi connectivity index (χ3v) is 8.50. The van der Waals surface area contributed by atoms with Gasteiger partial charge in [0, 0.05) is 12.8 Å². The third-order valence-electron chi connectivity index (χ3n) is 8.50. The molecule has 3 N–H and O–H groups in total. The first-order chi connectivity index (χ1) is 16.5. The van der Waals surface area contributed by atoms with Gasteiger partial charge in [-0.05, 0) is 78.8 Å². The summed E-state index contributed by atoms with van der Waals surface area (Å²) in [5.74, 6) is 3.11. The first-order valence-corrected chi connectivity index (χ1v) is 12.3. The zero-order chi connectivity index (χ0) is 27.1. The van der Waals surface area contributed by atoms with E-state index in [1.54, 1.807) is 6.92 Å². The fraction of sp³-hybridized carbons (Fsp3) is 0.704. The van der Waals surface area contributed by atoms with E-state index in [9.17, 15) is 41.7 Å². The normalized spacial score (nSPS) is 34.9. The van der Waals surface area contributed by atoms with Crippen LogP contribution in [-0.2, 0) is 0 Å². The lowest BCUT2D eigenvalue weighted by Crippen LogP contribution is -2.55. The summed E-state index contributed by atoms with van der Waals surface area (Å²) in [5, 5.41) is 29.3. The van der Waals surface area contributed by atoms with Crippen molar-refractivity contribution in [2.24, 2.45) is 23.2 Å². The van der Waals surface area contributed by atoms with Crippen LogP contribution in [0.1, 0.15) is 65.2 Å². The minimum absolute atomic E-state index is 0.0614. The molecule has 202 valence electrons. The molecule has 0 saturated heterocycles. The number of hydrogen-bond donors (Lipinski definition) is 3. The van der Waals surface area contributed by atoms with Crippen LogP contribution in [-0.4, -0.2) is 45.5 Å². The quantitative estimate of drug-likeness (QED) is 0.315. The molecule has 6 atom stereocenters. The van der Waals surface area contributed by atoms with E-state index < -0.39 is 30.2 Å². The van der Waals surface area contributed by atoms with Gasteiger partial charge in [-0.15, -0.1) is 0 Å². The molecule has 3 nitrogen and oxygen atoms in total. The minimum atomic E-state index is -5.95. The largest absolute Gasteiger partial charge is 0.438 e. The Kier molecular flexibility index (Phi) is 8.15. The summed E-state index contributed by atoms with van der Waals surface area (Å²) < 4.78 is 77.5. The summed E-state index contributed by atoms with van der Waals surface area (Å²) in [4.78, 5) is 0. The molecule has 0 unspecified atom stereocenters. The molecule has 0 spiro atoms. The lowest BCUT2D eigenvalue weighted by atomic mass is 9.61. The molecule has 36 heavy (non-hydrogen) atoms. The maximum atomic E-state index is 12.9. The fourth-order valence-corrected chi connectivity index (χ4v) is 6.46. The molecule has 0 heterocycles. The Bertz CT molecular complexity index is 953. The van der Waals surface area contributed by atoms with Gasteiger partial charge in [0.25, 0.3) is 0 Å². The predicted octanol–water partition coefficient (Wildman–Crippen LogP) is 6.01. The molecule has 0 aliphatic heterocycles. The van der Waals surface area contributed by atoms with Crippen LogP contribution in [0.5, 0.6) is 0 Å². The van der Waals surface area contributed by atoms with Crippen LogP contribution < -0.4 is 0 Å². The van der Waals surface area contributed by atoms with Crippen molar-refractivity contribution >= 4 is 0 Å². The molecule has 3 fully saturated rings. The maximum Gasteiger partial charge on any atom is 0.438 e. The average molecular weight is 521 g/mol. The smallest absolute Gasteiger partial charge is 0.393 e. The van der Waals surface area contributed by atoms with Gasteiger partial charge in [0.05, 0.1) is 12.2 Å². The second kappa shape index (κ2) is 10.2. The maximum absolute atomic E-state index is 12.9. The highest BCUT2D eigenvalue weighted by Crippen LogP contribution is 2.59. The first-order valence-electron chi connectivity index (χ1n) is 12.3. The minimum Gasteiger partial charge on any atom is -0.393 e. The Morgan fingerprint density at radius 2 is 1.75 bits per heavy atom. The Morgan fingerprint density at radius 3 is 2.36 bits per heavy atom. The molecule has 0 amide bonds. The van der Waals surface area contributed by atoms with Gasteiger partial charge in [-0.1, -0.05) is 44.1 Å². The van der Waals surface area contributed by atoms with Crippen LogP contribution in [0.15, 0.2) is 35.5 Å². The van der Waals surface area contributed by atoms with Crippen molar-refractivity contribution in [2.45, 2.75) is 95.4 Å². The average Bonchev–Trinajstić information content (AvgIpc) is 3.11. The Hall–Kier alpha value is -1.76. The monoisotopic (exact) mass is 520 g/mol. The van der Waals surface area contributed by atoms with E-state index in [-0.39, 0.29) is 36.0 Å². The molecular formula is C27H34F6O3. The number of hydrogen-bond acceptors (Lipinski definition) is 3. The van der Waals surface area contributed by atoms with Gasteiger partial charge in [0.15, 0.2) is 0 Å². The summed E-state index contributed by atoms with van der Waals surface area (Å²) in [6.45, 7) is 7.86. The van der Waals surface area contributed by atoms with Crippen LogP contribution in [0.2, 0.25) is 0 Å². The Labute approximate surface area is 208 Å². The summed E-state index contributed by atoms with van der Waals surface area (Å²) in [6, 6.07) is 0. The van der Waals surface area contributed by atoms with Crippen LogP contribution in [0, 0.1) is 35.0 Å². The predicted molar refractivity (Wildman–Crippen MR) is 123 cm³/mol. The van der Waals surface area contributed by atoms with Gasteiger partial charge < -0.3 is 15.3 Å². The first kappa shape index (κ1) is 28.8. The highest BCUT2D eigenvalue weighted by molar-refractivity contribution is 5.38. The highest BCUT2D eigenvalue weighted by Gasteiger charge is 2.70. The lowest BCUT2D eigenvalue weighted by Gasteiger charge is -2.44. The van der Waals surface area contributed by atoms with Gasteiger partial charge in [0.1, 0.15) is 0 Å². The Morgan fingerprint density at radius 1 is 1.11 bits per heavy atom. The van der Waals surface area contributed by atoms with Gasteiger partial charge in [-0.3, -0.25) is 0 Å². The van der Waals surface area contributed by atoms with Gasteiger partial charge in [-0.25, -0.2) is 0 Å². The number of rotatable bonds is 3. The molecule has 3 aliphatic carbocycles. The van der Waals surface area contributed by atoms with Crippen LogP contribution in [0.25, 0.3) is 0 Å². The van der Waals surface area contributed by atoms with Crippen molar-refractivity contribution in [3.8, 4) is 11.8 Å². The van der Waals surface area contributed by atoms with Crippen molar-refractivity contribution in [3.63, 3.8) is 0 Å². The van der Waals surface area contributed by atoms with Crippen molar-refractivity contribution in [1.29, 1.82) is 0 Å². The van der Waals surface area contributed by atoms with Crippen LogP contribution in [0.4, 0.5) is 26.3 Å². The molecule has 9 heteroatoms. The number of fused-ring (bicyclic) bond motifs is 1. The van der Waals surface area contributed by atoms with E-state index in [1.165, 1.54) is 5.57 Å². The Balaban J connectivity index is 1.77. The van der Waals surface area contributed by atoms with E-state index in [0.717, 1.165) is 43.6 Å². The summed E-state index contributed by atoms with van der Waals surface area (Å²) >= 11 is 0.